The minimum absolute atomic E-state index is 0.0479. The van der Waals surface area contributed by atoms with Crippen LogP contribution in [0.1, 0.15) is 40.5 Å². The van der Waals surface area contributed by atoms with Gasteiger partial charge in [0.15, 0.2) is 0 Å². The lowest BCUT2D eigenvalue weighted by Gasteiger charge is -2.33. The van der Waals surface area contributed by atoms with Crippen LogP contribution < -0.4 is 0 Å². The molecule has 0 aliphatic carbocycles. The number of esters is 1. The Hall–Kier alpha value is -3.75. The molecule has 0 spiro atoms. The van der Waals surface area contributed by atoms with Gasteiger partial charge >= 0.3 is 5.97 Å². The number of carbonyl (C=O) groups excluding carboxylic acids is 1. The highest BCUT2D eigenvalue weighted by Gasteiger charge is 2.32. The van der Waals surface area contributed by atoms with Crippen LogP contribution in [0.15, 0.2) is 54.7 Å². The molecule has 0 amide bonds. The lowest BCUT2D eigenvalue weighted by Crippen LogP contribution is -2.27. The molecule has 0 saturated carbocycles. The third-order valence-corrected chi connectivity index (χ3v) is 7.93. The highest BCUT2D eigenvalue weighted by Crippen LogP contribution is 2.44. The van der Waals surface area contributed by atoms with Crippen LogP contribution in [-0.4, -0.2) is 50.8 Å². The van der Waals surface area contributed by atoms with Crippen LogP contribution in [0.3, 0.4) is 0 Å². The number of benzene rings is 2. The molecule has 1 unspecified atom stereocenters. The molecule has 8 nitrogen and oxygen atoms in total. The van der Waals surface area contributed by atoms with E-state index >= 15 is 0 Å². The maximum atomic E-state index is 12.6. The first kappa shape index (κ1) is 24.6. The summed E-state index contributed by atoms with van der Waals surface area (Å²) in [7, 11) is 3.24. The first-order valence-electron chi connectivity index (χ1n) is 12.7. The number of fused-ring (bicyclic) bond motifs is 3. The van der Waals surface area contributed by atoms with Gasteiger partial charge in [0, 0.05) is 37.4 Å². The predicted molar refractivity (Wildman–Crippen MR) is 146 cm³/mol. The topological polar surface area (TPSA) is 84.1 Å². The van der Waals surface area contributed by atoms with E-state index in [0.29, 0.717) is 29.7 Å². The molecule has 5 aromatic rings. The van der Waals surface area contributed by atoms with Crippen molar-refractivity contribution >= 4 is 39.5 Å². The van der Waals surface area contributed by atoms with Crippen LogP contribution in [0.4, 0.5) is 0 Å². The average molecular weight is 530 g/mol. The summed E-state index contributed by atoms with van der Waals surface area (Å²) in [5.41, 5.74) is 6.49. The van der Waals surface area contributed by atoms with Crippen molar-refractivity contribution in [1.82, 2.24) is 24.5 Å². The number of aromatic nitrogens is 5. The fraction of sp³-hybridized carbons (Fsp3) is 0.310. The molecule has 0 bridgehead atoms. The highest BCUT2D eigenvalue weighted by molar-refractivity contribution is 6.38. The second-order valence-electron chi connectivity index (χ2n) is 9.73. The molecule has 1 atom stereocenters. The van der Waals surface area contributed by atoms with Crippen LogP contribution in [0.25, 0.3) is 33.2 Å². The number of hydrogen-bond acceptors (Lipinski definition) is 6. The van der Waals surface area contributed by atoms with Gasteiger partial charge in [-0.05, 0) is 49.4 Å². The first-order chi connectivity index (χ1) is 18.5. The minimum Gasteiger partial charge on any atom is -0.465 e. The SMILES string of the molecule is COC(=O)c1ccc2c3ncc(-c4c(C)nnn4C)c(Cl)c3n(C(c3ccccc3)C3CCOCC3)c2c1. The molecule has 3 aromatic heterocycles. The van der Waals surface area contributed by atoms with Gasteiger partial charge in [0.25, 0.3) is 0 Å². The maximum absolute atomic E-state index is 12.6. The second kappa shape index (κ2) is 9.85. The molecule has 38 heavy (non-hydrogen) atoms. The van der Waals surface area contributed by atoms with Gasteiger partial charge in [0.05, 0.1) is 51.7 Å². The molecule has 9 heteroatoms. The van der Waals surface area contributed by atoms with Crippen molar-refractivity contribution in [3.8, 4) is 11.3 Å². The normalized spacial score (nSPS) is 15.3. The molecule has 1 saturated heterocycles. The number of ether oxygens (including phenoxy) is 2. The molecule has 1 aliphatic rings. The van der Waals surface area contributed by atoms with Crippen LogP contribution in [-0.2, 0) is 16.5 Å². The molecule has 0 N–H and O–H groups in total. The van der Waals surface area contributed by atoms with Gasteiger partial charge in [-0.25, -0.2) is 9.48 Å². The molecule has 0 radical (unpaired) electrons. The Kier molecular flexibility index (Phi) is 6.37. The zero-order valence-corrected chi connectivity index (χ0v) is 22.3. The van der Waals surface area contributed by atoms with Crippen molar-refractivity contribution in [1.29, 1.82) is 0 Å². The Labute approximate surface area is 225 Å². The van der Waals surface area contributed by atoms with E-state index in [1.165, 1.54) is 12.7 Å². The molecule has 2 aromatic carbocycles. The van der Waals surface area contributed by atoms with E-state index in [9.17, 15) is 4.79 Å². The van der Waals surface area contributed by atoms with Gasteiger partial charge < -0.3 is 14.0 Å². The fourth-order valence-corrected chi connectivity index (χ4v) is 6.11. The van der Waals surface area contributed by atoms with Gasteiger partial charge in [-0.2, -0.15) is 0 Å². The highest BCUT2D eigenvalue weighted by atomic mass is 35.5. The summed E-state index contributed by atoms with van der Waals surface area (Å²) in [5.74, 6) is -0.0890. The van der Waals surface area contributed by atoms with E-state index in [4.69, 9.17) is 26.1 Å². The van der Waals surface area contributed by atoms with Gasteiger partial charge in [-0.1, -0.05) is 47.1 Å². The molecule has 1 fully saturated rings. The van der Waals surface area contributed by atoms with Crippen molar-refractivity contribution in [3.05, 3.63) is 76.6 Å². The molecule has 6 rings (SSSR count). The van der Waals surface area contributed by atoms with Crippen LogP contribution in [0, 0.1) is 12.8 Å². The van der Waals surface area contributed by atoms with Crippen molar-refractivity contribution in [2.24, 2.45) is 13.0 Å². The number of aryl methyl sites for hydroxylation is 2. The number of pyridine rings is 1. The van der Waals surface area contributed by atoms with Gasteiger partial charge in [-0.3, -0.25) is 4.98 Å². The van der Waals surface area contributed by atoms with Crippen LogP contribution >= 0.6 is 11.6 Å². The van der Waals surface area contributed by atoms with E-state index in [-0.39, 0.29) is 12.0 Å². The number of carbonyl (C=O) groups is 1. The largest absolute Gasteiger partial charge is 0.465 e. The first-order valence-corrected chi connectivity index (χ1v) is 13.1. The van der Waals surface area contributed by atoms with Crippen molar-refractivity contribution in [2.75, 3.05) is 20.3 Å². The van der Waals surface area contributed by atoms with E-state index in [1.54, 1.807) is 16.9 Å². The zero-order chi connectivity index (χ0) is 26.4. The van der Waals surface area contributed by atoms with E-state index in [1.807, 2.05) is 32.2 Å². The van der Waals surface area contributed by atoms with Crippen molar-refractivity contribution < 1.29 is 14.3 Å². The van der Waals surface area contributed by atoms with Crippen molar-refractivity contribution in [3.63, 3.8) is 0 Å². The Morgan fingerprint density at radius 3 is 2.61 bits per heavy atom. The van der Waals surface area contributed by atoms with Gasteiger partial charge in [0.1, 0.15) is 0 Å². The average Bonchev–Trinajstić information content (AvgIpc) is 3.46. The Morgan fingerprint density at radius 2 is 1.92 bits per heavy atom. The summed E-state index contributed by atoms with van der Waals surface area (Å²) in [6.07, 6.45) is 3.61. The Balaban J connectivity index is 1.73. The lowest BCUT2D eigenvalue weighted by molar-refractivity contribution is 0.0553. The molecule has 194 valence electrons. The summed E-state index contributed by atoms with van der Waals surface area (Å²) < 4.78 is 14.8. The molecule has 4 heterocycles. The zero-order valence-electron chi connectivity index (χ0n) is 21.5. The molecular weight excluding hydrogens is 502 g/mol. The standard InChI is InChI=1S/C29H28ClN5O3/c1-17-26(34(2)33-32-17)22-16-31-25-21-10-9-20(29(36)37-3)15-23(21)35(28(25)24(22)30)27(18-7-5-4-6-8-18)19-11-13-38-14-12-19/h4-10,15-16,19,27H,11-14H2,1-3H3. The minimum atomic E-state index is -0.387. The fourth-order valence-electron chi connectivity index (χ4n) is 5.79. The van der Waals surface area contributed by atoms with Crippen LogP contribution in [0.5, 0.6) is 0 Å². The maximum Gasteiger partial charge on any atom is 0.337 e. The molecular formula is C29H28ClN5O3. The summed E-state index contributed by atoms with van der Waals surface area (Å²) in [5, 5.41) is 9.91. The summed E-state index contributed by atoms with van der Waals surface area (Å²) in [4.78, 5) is 17.5. The Bertz CT molecular complexity index is 1630. The summed E-state index contributed by atoms with van der Waals surface area (Å²) in [6, 6.07) is 16.0. The quantitative estimate of drug-likeness (QED) is 0.270. The smallest absolute Gasteiger partial charge is 0.337 e. The van der Waals surface area contributed by atoms with E-state index in [0.717, 1.165) is 51.7 Å². The van der Waals surface area contributed by atoms with Gasteiger partial charge in [-0.15, -0.1) is 5.10 Å². The summed E-state index contributed by atoms with van der Waals surface area (Å²) >= 11 is 7.31. The Morgan fingerprint density at radius 1 is 1.16 bits per heavy atom. The van der Waals surface area contributed by atoms with E-state index in [2.05, 4.69) is 39.1 Å². The molecule has 1 aliphatic heterocycles. The number of rotatable bonds is 5. The predicted octanol–water partition coefficient (Wildman–Crippen LogP) is 5.75. The second-order valence-corrected chi connectivity index (χ2v) is 10.1. The van der Waals surface area contributed by atoms with Gasteiger partial charge in [0.2, 0.25) is 0 Å². The number of nitrogens with zero attached hydrogens (tertiary/aromatic N) is 5. The number of methoxy groups -OCH3 is 1. The summed E-state index contributed by atoms with van der Waals surface area (Å²) in [6.45, 7) is 3.32. The van der Waals surface area contributed by atoms with E-state index < -0.39 is 0 Å². The lowest BCUT2D eigenvalue weighted by atomic mass is 9.86. The van der Waals surface area contributed by atoms with Crippen molar-refractivity contribution in [2.45, 2.75) is 25.8 Å². The third kappa shape index (κ3) is 3.95. The number of hydrogen-bond donors (Lipinski definition) is 0. The third-order valence-electron chi connectivity index (χ3n) is 7.55. The monoisotopic (exact) mass is 529 g/mol. The number of halogens is 1. The van der Waals surface area contributed by atoms with Crippen LogP contribution in [0.2, 0.25) is 5.02 Å².